The molecule has 2 rings (SSSR count). The first-order valence-corrected chi connectivity index (χ1v) is 12.2. The zero-order chi connectivity index (χ0) is 20.1. The Labute approximate surface area is 170 Å². The van der Waals surface area contributed by atoms with Crippen molar-refractivity contribution in [1.29, 1.82) is 0 Å². The van der Waals surface area contributed by atoms with Gasteiger partial charge in [0.2, 0.25) is 0 Å². The summed E-state index contributed by atoms with van der Waals surface area (Å²) in [6, 6.07) is 8.59. The minimum Gasteiger partial charge on any atom is -0.378 e. The second kappa shape index (κ2) is 12.8. The first kappa shape index (κ1) is 22.7. The normalized spacial score (nSPS) is 16.1. The number of nitrogens with zero attached hydrogens (tertiary/aromatic N) is 1. The van der Waals surface area contributed by atoms with Gasteiger partial charge >= 0.3 is 0 Å². The lowest BCUT2D eigenvalue weighted by molar-refractivity contribution is 0.0277. The third-order valence-corrected chi connectivity index (χ3v) is 6.62. The van der Waals surface area contributed by atoms with Crippen LogP contribution in [-0.2, 0) is 14.6 Å². The Hall–Kier alpha value is -1.60. The Balaban J connectivity index is 1.65. The van der Waals surface area contributed by atoms with E-state index in [1.807, 2.05) is 13.0 Å². The molecule has 7 heteroatoms. The predicted octanol–water partition coefficient (Wildman–Crippen LogP) is 3.14. The molecule has 0 amide bonds. The van der Waals surface area contributed by atoms with Gasteiger partial charge in [-0.1, -0.05) is 37.5 Å². The Morgan fingerprint density at radius 2 is 1.86 bits per heavy atom. The van der Waals surface area contributed by atoms with E-state index in [1.54, 1.807) is 24.3 Å². The highest BCUT2D eigenvalue weighted by atomic mass is 32.2. The average molecular weight is 410 g/mol. The van der Waals surface area contributed by atoms with Crippen LogP contribution in [0.4, 0.5) is 0 Å². The van der Waals surface area contributed by atoms with E-state index in [0.29, 0.717) is 24.0 Å². The van der Waals surface area contributed by atoms with Crippen LogP contribution in [0.2, 0.25) is 0 Å². The van der Waals surface area contributed by atoms with Crippen LogP contribution in [0.25, 0.3) is 0 Å². The van der Waals surface area contributed by atoms with Gasteiger partial charge < -0.3 is 15.4 Å². The van der Waals surface area contributed by atoms with Crippen molar-refractivity contribution >= 4 is 15.8 Å². The maximum Gasteiger partial charge on any atom is 0.191 e. The van der Waals surface area contributed by atoms with E-state index in [1.165, 1.54) is 32.1 Å². The fourth-order valence-corrected chi connectivity index (χ4v) is 4.61. The van der Waals surface area contributed by atoms with Gasteiger partial charge in [0.1, 0.15) is 0 Å². The summed E-state index contributed by atoms with van der Waals surface area (Å²) in [5.41, 5.74) is 0. The van der Waals surface area contributed by atoms with Gasteiger partial charge in [-0.25, -0.2) is 8.42 Å². The number of nitrogens with one attached hydrogen (secondary N) is 2. The molecule has 0 spiro atoms. The van der Waals surface area contributed by atoms with Crippen molar-refractivity contribution in [1.82, 2.24) is 10.6 Å². The monoisotopic (exact) mass is 409 g/mol. The van der Waals surface area contributed by atoms with Crippen molar-refractivity contribution < 1.29 is 13.2 Å². The summed E-state index contributed by atoms with van der Waals surface area (Å²) < 4.78 is 30.5. The highest BCUT2D eigenvalue weighted by molar-refractivity contribution is 7.91. The lowest BCUT2D eigenvalue weighted by Gasteiger charge is -2.22. The van der Waals surface area contributed by atoms with Crippen molar-refractivity contribution in [2.75, 3.05) is 32.0 Å². The third-order valence-electron chi connectivity index (χ3n) is 4.81. The molecular formula is C21H35N3O3S. The van der Waals surface area contributed by atoms with Crippen LogP contribution in [0.15, 0.2) is 40.2 Å². The topological polar surface area (TPSA) is 79.8 Å². The number of rotatable bonds is 11. The lowest BCUT2D eigenvalue weighted by Crippen LogP contribution is -2.38. The van der Waals surface area contributed by atoms with Crippen LogP contribution in [0, 0.1) is 0 Å². The Morgan fingerprint density at radius 1 is 1.11 bits per heavy atom. The number of ether oxygens (including phenoxy) is 1. The fraction of sp³-hybridized carbons (Fsp3) is 0.667. The molecule has 158 valence electrons. The first-order valence-electron chi connectivity index (χ1n) is 10.5. The second-order valence-corrected chi connectivity index (χ2v) is 9.27. The fourth-order valence-electron chi connectivity index (χ4n) is 3.29. The zero-order valence-electron chi connectivity index (χ0n) is 17.0. The maximum absolute atomic E-state index is 12.3. The van der Waals surface area contributed by atoms with Gasteiger partial charge in [-0.05, 0) is 44.7 Å². The summed E-state index contributed by atoms with van der Waals surface area (Å²) in [6.07, 6.45) is 8.20. The van der Waals surface area contributed by atoms with E-state index in [9.17, 15) is 8.42 Å². The maximum atomic E-state index is 12.3. The molecule has 0 radical (unpaired) electrons. The minimum absolute atomic E-state index is 0.106. The summed E-state index contributed by atoms with van der Waals surface area (Å²) in [7, 11) is -3.23. The molecule has 0 bridgehead atoms. The van der Waals surface area contributed by atoms with Crippen molar-refractivity contribution in [2.45, 2.75) is 62.9 Å². The SMILES string of the molecule is CCNC(=NCCCS(=O)(=O)c1ccccc1)NCCCOC1CCCCC1. The van der Waals surface area contributed by atoms with Gasteiger partial charge in [0, 0.05) is 26.2 Å². The van der Waals surface area contributed by atoms with Crippen molar-refractivity contribution in [2.24, 2.45) is 4.99 Å². The molecule has 1 saturated carbocycles. The number of benzene rings is 1. The molecule has 0 unspecified atom stereocenters. The van der Waals surface area contributed by atoms with E-state index >= 15 is 0 Å². The van der Waals surface area contributed by atoms with Gasteiger partial charge in [-0.3, -0.25) is 4.99 Å². The number of hydrogen-bond acceptors (Lipinski definition) is 4. The van der Waals surface area contributed by atoms with Gasteiger partial charge in [0.05, 0.1) is 16.8 Å². The summed E-state index contributed by atoms with van der Waals surface area (Å²) in [5, 5.41) is 6.50. The lowest BCUT2D eigenvalue weighted by atomic mass is 9.98. The molecule has 0 aromatic heterocycles. The molecule has 6 nitrogen and oxygen atoms in total. The van der Waals surface area contributed by atoms with Gasteiger partial charge in [-0.2, -0.15) is 0 Å². The molecule has 0 heterocycles. The first-order chi connectivity index (χ1) is 13.6. The average Bonchev–Trinajstić information content (AvgIpc) is 2.72. The number of sulfone groups is 1. The van der Waals surface area contributed by atoms with Crippen LogP contribution in [0.3, 0.4) is 0 Å². The van der Waals surface area contributed by atoms with Crippen molar-refractivity contribution in [3.05, 3.63) is 30.3 Å². The number of aliphatic imine (C=N–C) groups is 1. The van der Waals surface area contributed by atoms with Crippen LogP contribution in [0.5, 0.6) is 0 Å². The van der Waals surface area contributed by atoms with Crippen LogP contribution >= 0.6 is 0 Å². The molecule has 1 fully saturated rings. The molecule has 1 aliphatic rings. The van der Waals surface area contributed by atoms with Crippen molar-refractivity contribution in [3.8, 4) is 0 Å². The highest BCUT2D eigenvalue weighted by Crippen LogP contribution is 2.20. The van der Waals surface area contributed by atoms with Crippen LogP contribution in [0.1, 0.15) is 51.9 Å². The molecule has 0 saturated heterocycles. The van der Waals surface area contributed by atoms with Gasteiger partial charge in [0.15, 0.2) is 15.8 Å². The summed E-state index contributed by atoms with van der Waals surface area (Å²) in [4.78, 5) is 4.86. The van der Waals surface area contributed by atoms with Crippen molar-refractivity contribution in [3.63, 3.8) is 0 Å². The smallest absolute Gasteiger partial charge is 0.191 e. The summed E-state index contributed by atoms with van der Waals surface area (Å²) >= 11 is 0. The predicted molar refractivity (Wildman–Crippen MR) is 115 cm³/mol. The third kappa shape index (κ3) is 8.61. The Bertz CT molecular complexity index is 671. The molecule has 1 aromatic rings. The standard InChI is InChI=1S/C21H35N3O3S/c1-2-22-21(23-15-9-17-27-19-11-5-3-6-12-19)24-16-10-18-28(25,26)20-13-7-4-8-14-20/h4,7-8,13-14,19H,2-3,5-6,9-12,15-18H2,1H3,(H2,22,23,24). The molecule has 28 heavy (non-hydrogen) atoms. The van der Waals surface area contributed by atoms with E-state index in [4.69, 9.17) is 4.74 Å². The van der Waals surface area contributed by atoms with E-state index in [2.05, 4.69) is 15.6 Å². The molecule has 0 atom stereocenters. The van der Waals surface area contributed by atoms with Gasteiger partial charge in [-0.15, -0.1) is 0 Å². The van der Waals surface area contributed by atoms with E-state index in [0.717, 1.165) is 32.1 Å². The largest absolute Gasteiger partial charge is 0.378 e. The number of hydrogen-bond donors (Lipinski definition) is 2. The zero-order valence-corrected chi connectivity index (χ0v) is 17.8. The van der Waals surface area contributed by atoms with E-state index < -0.39 is 9.84 Å². The molecule has 1 aliphatic carbocycles. The summed E-state index contributed by atoms with van der Waals surface area (Å²) in [6.45, 7) is 4.82. The van der Waals surface area contributed by atoms with E-state index in [-0.39, 0.29) is 5.75 Å². The van der Waals surface area contributed by atoms with Crippen LogP contribution in [-0.4, -0.2) is 52.5 Å². The molecule has 1 aromatic carbocycles. The second-order valence-electron chi connectivity index (χ2n) is 7.16. The minimum atomic E-state index is -3.23. The Morgan fingerprint density at radius 3 is 2.57 bits per heavy atom. The summed E-state index contributed by atoms with van der Waals surface area (Å²) in [5.74, 6) is 0.840. The van der Waals surface area contributed by atoms with Gasteiger partial charge in [0.25, 0.3) is 0 Å². The highest BCUT2D eigenvalue weighted by Gasteiger charge is 2.14. The molecular weight excluding hydrogens is 374 g/mol. The Kier molecular flexibility index (Phi) is 10.4. The number of guanidine groups is 1. The quantitative estimate of drug-likeness (QED) is 0.333. The molecule has 0 aliphatic heterocycles. The molecule has 2 N–H and O–H groups in total. The van der Waals surface area contributed by atoms with Crippen LogP contribution < -0.4 is 10.6 Å².